The van der Waals surface area contributed by atoms with Gasteiger partial charge in [-0.25, -0.2) is 4.90 Å². The van der Waals surface area contributed by atoms with Gasteiger partial charge in [-0.2, -0.15) is 0 Å². The molecule has 1 aliphatic heterocycles. The number of carbonyl (C=O) groups is 2. The minimum Gasteiger partial charge on any atom is -0.497 e. The Hall–Kier alpha value is -3.42. The fourth-order valence-electron chi connectivity index (χ4n) is 3.19. The first-order chi connectivity index (χ1) is 15.5. The fraction of sp³-hybridized carbons (Fsp3) is 0.0833. The summed E-state index contributed by atoms with van der Waals surface area (Å²) >= 11 is 7.21. The number of ether oxygens (including phenoxy) is 2. The maximum absolute atomic E-state index is 13.4. The molecule has 1 aliphatic rings. The van der Waals surface area contributed by atoms with Gasteiger partial charge in [0.15, 0.2) is 0 Å². The molecule has 1 N–H and O–H groups in total. The van der Waals surface area contributed by atoms with Gasteiger partial charge in [-0.15, -0.1) is 0 Å². The van der Waals surface area contributed by atoms with Crippen LogP contribution in [0.25, 0.3) is 0 Å². The van der Waals surface area contributed by atoms with Gasteiger partial charge in [0, 0.05) is 16.0 Å². The zero-order valence-electron chi connectivity index (χ0n) is 17.3. The SMILES string of the molecule is COc1ccc(OC)c(NC2=C(Sc3ccccc3)C(=O)N(c3ccc(Cl)cc3)C2=O)c1. The molecule has 0 saturated carbocycles. The largest absolute Gasteiger partial charge is 0.497 e. The number of anilines is 2. The summed E-state index contributed by atoms with van der Waals surface area (Å²) in [5.74, 6) is 0.196. The van der Waals surface area contributed by atoms with E-state index in [4.69, 9.17) is 21.1 Å². The van der Waals surface area contributed by atoms with E-state index in [2.05, 4.69) is 5.32 Å². The van der Waals surface area contributed by atoms with Crippen LogP contribution in [-0.4, -0.2) is 26.0 Å². The summed E-state index contributed by atoms with van der Waals surface area (Å²) in [7, 11) is 3.08. The molecular weight excluding hydrogens is 448 g/mol. The predicted molar refractivity (Wildman–Crippen MR) is 126 cm³/mol. The van der Waals surface area contributed by atoms with Crippen molar-refractivity contribution in [1.82, 2.24) is 0 Å². The van der Waals surface area contributed by atoms with E-state index < -0.39 is 11.8 Å². The third-order valence-corrected chi connectivity index (χ3v) is 6.10. The number of nitrogens with zero attached hydrogens (tertiary/aromatic N) is 1. The van der Waals surface area contributed by atoms with Crippen molar-refractivity contribution in [3.05, 3.63) is 88.4 Å². The van der Waals surface area contributed by atoms with Gasteiger partial charge in [-0.3, -0.25) is 9.59 Å². The number of methoxy groups -OCH3 is 2. The molecule has 32 heavy (non-hydrogen) atoms. The lowest BCUT2D eigenvalue weighted by atomic mass is 10.2. The number of nitrogens with one attached hydrogen (secondary N) is 1. The Bertz CT molecular complexity index is 1200. The van der Waals surface area contributed by atoms with Crippen LogP contribution in [0.15, 0.2) is 88.3 Å². The molecule has 0 fully saturated rings. The molecule has 0 aliphatic carbocycles. The molecule has 3 aromatic rings. The molecule has 0 bridgehead atoms. The first kappa shape index (κ1) is 21.8. The van der Waals surface area contributed by atoms with Gasteiger partial charge in [-0.05, 0) is 48.5 Å². The summed E-state index contributed by atoms with van der Waals surface area (Å²) in [5, 5.41) is 3.63. The van der Waals surface area contributed by atoms with Gasteiger partial charge in [0.1, 0.15) is 22.1 Å². The highest BCUT2D eigenvalue weighted by molar-refractivity contribution is 8.04. The molecule has 0 unspecified atom stereocenters. The van der Waals surface area contributed by atoms with E-state index in [9.17, 15) is 9.59 Å². The summed E-state index contributed by atoms with van der Waals surface area (Å²) in [6.45, 7) is 0. The van der Waals surface area contributed by atoms with E-state index in [0.29, 0.717) is 27.9 Å². The van der Waals surface area contributed by atoms with Crippen LogP contribution in [0, 0.1) is 0 Å². The molecule has 3 aromatic carbocycles. The summed E-state index contributed by atoms with van der Waals surface area (Å²) in [4.78, 5) is 29.1. The fourth-order valence-corrected chi connectivity index (χ4v) is 4.27. The number of amides is 2. The van der Waals surface area contributed by atoms with E-state index in [0.717, 1.165) is 9.80 Å². The van der Waals surface area contributed by atoms with E-state index in [1.807, 2.05) is 30.3 Å². The van der Waals surface area contributed by atoms with Crippen LogP contribution in [0.1, 0.15) is 0 Å². The second-order valence-electron chi connectivity index (χ2n) is 6.73. The topological polar surface area (TPSA) is 67.9 Å². The highest BCUT2D eigenvalue weighted by Gasteiger charge is 2.40. The molecule has 0 saturated heterocycles. The summed E-state index contributed by atoms with van der Waals surface area (Å²) < 4.78 is 10.7. The smallest absolute Gasteiger partial charge is 0.283 e. The second-order valence-corrected chi connectivity index (χ2v) is 8.25. The van der Waals surface area contributed by atoms with Gasteiger partial charge in [0.2, 0.25) is 0 Å². The van der Waals surface area contributed by atoms with Crippen molar-refractivity contribution in [3.8, 4) is 11.5 Å². The van der Waals surface area contributed by atoms with Crippen molar-refractivity contribution in [2.45, 2.75) is 4.90 Å². The number of thioether (sulfide) groups is 1. The second kappa shape index (κ2) is 9.38. The van der Waals surface area contributed by atoms with Gasteiger partial charge in [-0.1, -0.05) is 41.6 Å². The maximum Gasteiger partial charge on any atom is 0.283 e. The average molecular weight is 467 g/mol. The molecule has 0 spiro atoms. The molecule has 0 radical (unpaired) electrons. The number of imide groups is 1. The van der Waals surface area contributed by atoms with E-state index in [1.54, 1.807) is 49.6 Å². The Morgan fingerprint density at radius 3 is 2.25 bits per heavy atom. The molecule has 6 nitrogen and oxygen atoms in total. The van der Waals surface area contributed by atoms with E-state index in [-0.39, 0.29) is 10.6 Å². The average Bonchev–Trinajstić information content (AvgIpc) is 3.04. The van der Waals surface area contributed by atoms with Gasteiger partial charge >= 0.3 is 0 Å². The molecule has 1 heterocycles. The molecule has 4 rings (SSSR count). The molecule has 0 atom stereocenters. The number of halogens is 1. The Morgan fingerprint density at radius 1 is 0.875 bits per heavy atom. The Balaban J connectivity index is 1.78. The van der Waals surface area contributed by atoms with Crippen molar-refractivity contribution >= 4 is 46.6 Å². The highest BCUT2D eigenvalue weighted by atomic mass is 35.5. The van der Waals surface area contributed by atoms with Gasteiger partial charge in [0.25, 0.3) is 11.8 Å². The van der Waals surface area contributed by atoms with Crippen LogP contribution in [0.2, 0.25) is 5.02 Å². The van der Waals surface area contributed by atoms with Crippen molar-refractivity contribution in [2.24, 2.45) is 0 Å². The Morgan fingerprint density at radius 2 is 1.59 bits per heavy atom. The minimum atomic E-state index is -0.472. The zero-order valence-corrected chi connectivity index (χ0v) is 18.9. The predicted octanol–water partition coefficient (Wildman–Crippen LogP) is 5.35. The van der Waals surface area contributed by atoms with Crippen molar-refractivity contribution in [3.63, 3.8) is 0 Å². The van der Waals surface area contributed by atoms with E-state index >= 15 is 0 Å². The molecular formula is C24H19ClN2O4S. The zero-order chi connectivity index (χ0) is 22.7. The number of hydrogen-bond donors (Lipinski definition) is 1. The minimum absolute atomic E-state index is 0.158. The lowest BCUT2D eigenvalue weighted by molar-refractivity contribution is -0.120. The lowest BCUT2D eigenvalue weighted by Gasteiger charge is -2.16. The van der Waals surface area contributed by atoms with Crippen LogP contribution in [0.5, 0.6) is 11.5 Å². The normalized spacial score (nSPS) is 13.5. The van der Waals surface area contributed by atoms with Gasteiger partial charge in [0.05, 0.1) is 25.6 Å². The van der Waals surface area contributed by atoms with E-state index in [1.165, 1.54) is 18.9 Å². The summed E-state index contributed by atoms with van der Waals surface area (Å²) in [6.07, 6.45) is 0. The highest BCUT2D eigenvalue weighted by Crippen LogP contribution is 2.39. The summed E-state index contributed by atoms with van der Waals surface area (Å²) in [5.41, 5.74) is 1.10. The summed E-state index contributed by atoms with van der Waals surface area (Å²) in [6, 6.07) is 21.1. The third-order valence-electron chi connectivity index (χ3n) is 4.76. The van der Waals surface area contributed by atoms with Crippen LogP contribution >= 0.6 is 23.4 Å². The lowest BCUT2D eigenvalue weighted by Crippen LogP contribution is -2.32. The van der Waals surface area contributed by atoms with Crippen molar-refractivity contribution < 1.29 is 19.1 Å². The molecule has 2 amide bonds. The van der Waals surface area contributed by atoms with Crippen LogP contribution < -0.4 is 19.7 Å². The first-order valence-electron chi connectivity index (χ1n) is 9.62. The van der Waals surface area contributed by atoms with Crippen LogP contribution in [0.3, 0.4) is 0 Å². The Labute approximate surface area is 194 Å². The molecule has 162 valence electrons. The number of benzene rings is 3. The number of hydrogen-bond acceptors (Lipinski definition) is 6. The Kier molecular flexibility index (Phi) is 6.39. The number of rotatable bonds is 7. The van der Waals surface area contributed by atoms with Crippen LogP contribution in [-0.2, 0) is 9.59 Å². The quantitative estimate of drug-likeness (QED) is 0.474. The van der Waals surface area contributed by atoms with Crippen molar-refractivity contribution in [2.75, 3.05) is 24.4 Å². The molecule has 8 heteroatoms. The third kappa shape index (κ3) is 4.30. The van der Waals surface area contributed by atoms with Crippen molar-refractivity contribution in [1.29, 1.82) is 0 Å². The maximum atomic E-state index is 13.4. The van der Waals surface area contributed by atoms with Crippen LogP contribution in [0.4, 0.5) is 11.4 Å². The first-order valence-corrected chi connectivity index (χ1v) is 10.8. The number of carbonyl (C=O) groups excluding carboxylic acids is 2. The van der Waals surface area contributed by atoms with Gasteiger partial charge < -0.3 is 14.8 Å². The monoisotopic (exact) mass is 466 g/mol. The standard InChI is InChI=1S/C24H19ClN2O4S/c1-30-17-12-13-20(31-2)19(14-17)26-21-22(32-18-6-4-3-5-7-18)24(29)27(23(21)28)16-10-8-15(25)9-11-16/h3-14,26H,1-2H3. The molecule has 0 aromatic heterocycles.